The number of aromatic carboxylic acids is 1. The highest BCUT2D eigenvalue weighted by molar-refractivity contribution is 7.98. The molecular formula is C18H23N3O2S. The summed E-state index contributed by atoms with van der Waals surface area (Å²) in [6.45, 7) is 6.37. The average Bonchev–Trinajstić information content (AvgIpc) is 2.52. The van der Waals surface area contributed by atoms with Crippen LogP contribution in [0.5, 0.6) is 0 Å². The molecule has 0 bridgehead atoms. The van der Waals surface area contributed by atoms with Crippen molar-refractivity contribution in [3.63, 3.8) is 0 Å². The maximum atomic E-state index is 11.1. The molecule has 1 aromatic heterocycles. The SMILES string of the molecule is CN(C)c1cc(C(C)(C)C)nc(SCc2cccc(C(=O)O)c2)n1. The molecule has 0 aliphatic carbocycles. The van der Waals surface area contributed by atoms with Crippen molar-refractivity contribution in [2.45, 2.75) is 37.1 Å². The lowest BCUT2D eigenvalue weighted by atomic mass is 9.92. The highest BCUT2D eigenvalue weighted by atomic mass is 32.2. The average molecular weight is 345 g/mol. The van der Waals surface area contributed by atoms with Crippen LogP contribution < -0.4 is 4.90 Å². The zero-order valence-electron chi connectivity index (χ0n) is 14.7. The Morgan fingerprint density at radius 3 is 2.50 bits per heavy atom. The molecule has 0 unspecified atom stereocenters. The number of hydrogen-bond donors (Lipinski definition) is 1. The molecule has 0 fully saturated rings. The van der Waals surface area contributed by atoms with Crippen LogP contribution in [0.4, 0.5) is 5.82 Å². The van der Waals surface area contributed by atoms with Crippen LogP contribution >= 0.6 is 11.8 Å². The highest BCUT2D eigenvalue weighted by Crippen LogP contribution is 2.27. The molecule has 0 aliphatic heterocycles. The Hall–Kier alpha value is -2.08. The Bertz CT molecular complexity index is 739. The first-order valence-electron chi connectivity index (χ1n) is 7.69. The summed E-state index contributed by atoms with van der Waals surface area (Å²) in [6, 6.07) is 8.97. The third-order valence-corrected chi connectivity index (χ3v) is 4.38. The Labute approximate surface area is 147 Å². The van der Waals surface area contributed by atoms with E-state index in [1.54, 1.807) is 18.2 Å². The maximum Gasteiger partial charge on any atom is 0.335 e. The number of carboxylic acid groups (broad SMARTS) is 1. The van der Waals surface area contributed by atoms with E-state index in [1.165, 1.54) is 11.8 Å². The Kier molecular flexibility index (Phi) is 5.49. The van der Waals surface area contributed by atoms with Crippen molar-refractivity contribution in [1.82, 2.24) is 9.97 Å². The molecule has 5 nitrogen and oxygen atoms in total. The molecule has 1 heterocycles. The van der Waals surface area contributed by atoms with Crippen LogP contribution in [-0.4, -0.2) is 35.1 Å². The second-order valence-corrected chi connectivity index (χ2v) is 7.78. The van der Waals surface area contributed by atoms with E-state index < -0.39 is 5.97 Å². The quantitative estimate of drug-likeness (QED) is 0.656. The first-order chi connectivity index (χ1) is 11.2. The summed E-state index contributed by atoms with van der Waals surface area (Å²) < 4.78 is 0. The topological polar surface area (TPSA) is 66.3 Å². The normalized spacial score (nSPS) is 11.4. The van der Waals surface area contributed by atoms with Crippen LogP contribution in [0.15, 0.2) is 35.5 Å². The van der Waals surface area contributed by atoms with Gasteiger partial charge in [0.1, 0.15) is 5.82 Å². The number of anilines is 1. The first-order valence-corrected chi connectivity index (χ1v) is 8.67. The molecule has 2 aromatic rings. The molecule has 0 saturated heterocycles. The van der Waals surface area contributed by atoms with E-state index in [4.69, 9.17) is 5.11 Å². The van der Waals surface area contributed by atoms with Crippen molar-refractivity contribution in [3.8, 4) is 0 Å². The lowest BCUT2D eigenvalue weighted by Gasteiger charge is -2.21. The molecule has 2 rings (SSSR count). The fourth-order valence-electron chi connectivity index (χ4n) is 2.03. The van der Waals surface area contributed by atoms with Crippen LogP contribution in [0.3, 0.4) is 0 Å². The van der Waals surface area contributed by atoms with Gasteiger partial charge in [-0.25, -0.2) is 14.8 Å². The lowest BCUT2D eigenvalue weighted by molar-refractivity contribution is 0.0697. The minimum Gasteiger partial charge on any atom is -0.478 e. The molecule has 6 heteroatoms. The highest BCUT2D eigenvalue weighted by Gasteiger charge is 2.19. The summed E-state index contributed by atoms with van der Waals surface area (Å²) in [6.07, 6.45) is 0. The van der Waals surface area contributed by atoms with Gasteiger partial charge in [-0.05, 0) is 17.7 Å². The van der Waals surface area contributed by atoms with Crippen molar-refractivity contribution in [3.05, 3.63) is 47.2 Å². The standard InChI is InChI=1S/C18H23N3O2S/c1-18(2,3)14-10-15(21(4)5)20-17(19-14)24-11-12-7-6-8-13(9-12)16(22)23/h6-10H,11H2,1-5H3,(H,22,23). The maximum absolute atomic E-state index is 11.1. The van der Waals surface area contributed by atoms with Gasteiger partial charge in [-0.3, -0.25) is 0 Å². The Morgan fingerprint density at radius 1 is 1.21 bits per heavy atom. The van der Waals surface area contributed by atoms with Crippen LogP contribution in [0, 0.1) is 0 Å². The number of rotatable bonds is 5. The number of nitrogens with zero attached hydrogens (tertiary/aromatic N) is 3. The third kappa shape index (κ3) is 4.71. The van der Waals surface area contributed by atoms with Gasteiger partial charge in [0.05, 0.1) is 11.3 Å². The lowest BCUT2D eigenvalue weighted by Crippen LogP contribution is -2.18. The number of aromatic nitrogens is 2. The summed E-state index contributed by atoms with van der Waals surface area (Å²) in [7, 11) is 3.92. The molecule has 128 valence electrons. The monoisotopic (exact) mass is 345 g/mol. The van der Waals surface area contributed by atoms with Gasteiger partial charge in [-0.15, -0.1) is 0 Å². The summed E-state index contributed by atoms with van der Waals surface area (Å²) in [5.41, 5.74) is 2.16. The van der Waals surface area contributed by atoms with Gasteiger partial charge in [0.2, 0.25) is 0 Å². The van der Waals surface area contributed by atoms with E-state index >= 15 is 0 Å². The van der Waals surface area contributed by atoms with E-state index in [0.29, 0.717) is 16.5 Å². The number of benzene rings is 1. The van der Waals surface area contributed by atoms with Gasteiger partial charge in [-0.1, -0.05) is 44.7 Å². The molecule has 0 amide bonds. The van der Waals surface area contributed by atoms with Crippen LogP contribution in [0.1, 0.15) is 42.4 Å². The van der Waals surface area contributed by atoms with Crippen LogP contribution in [-0.2, 0) is 11.2 Å². The molecule has 1 aromatic carbocycles. The van der Waals surface area contributed by atoms with E-state index in [2.05, 4.69) is 30.7 Å². The van der Waals surface area contributed by atoms with Gasteiger partial charge < -0.3 is 10.0 Å². The van der Waals surface area contributed by atoms with Crippen molar-refractivity contribution in [1.29, 1.82) is 0 Å². The predicted molar refractivity (Wildman–Crippen MR) is 98.0 cm³/mol. The van der Waals surface area contributed by atoms with Crippen molar-refractivity contribution >= 4 is 23.5 Å². The fraction of sp³-hybridized carbons (Fsp3) is 0.389. The van der Waals surface area contributed by atoms with Crippen molar-refractivity contribution < 1.29 is 9.90 Å². The zero-order chi connectivity index (χ0) is 17.9. The number of hydrogen-bond acceptors (Lipinski definition) is 5. The number of thioether (sulfide) groups is 1. The number of carboxylic acids is 1. The van der Waals surface area contributed by atoms with Crippen molar-refractivity contribution in [2.24, 2.45) is 0 Å². The molecule has 0 spiro atoms. The fourth-order valence-corrected chi connectivity index (χ4v) is 2.83. The smallest absolute Gasteiger partial charge is 0.335 e. The van der Waals surface area contributed by atoms with E-state index in [1.807, 2.05) is 31.1 Å². The number of carbonyl (C=O) groups is 1. The van der Waals surface area contributed by atoms with E-state index in [-0.39, 0.29) is 5.41 Å². The summed E-state index contributed by atoms with van der Waals surface area (Å²) >= 11 is 1.51. The van der Waals surface area contributed by atoms with Gasteiger partial charge in [0.15, 0.2) is 5.16 Å². The van der Waals surface area contributed by atoms with E-state index in [9.17, 15) is 4.79 Å². The molecule has 0 radical (unpaired) electrons. The van der Waals surface area contributed by atoms with Crippen LogP contribution in [0.25, 0.3) is 0 Å². The minimum atomic E-state index is -0.914. The summed E-state index contributed by atoms with van der Waals surface area (Å²) in [5, 5.41) is 9.78. The minimum absolute atomic E-state index is 0.0633. The third-order valence-electron chi connectivity index (χ3n) is 3.46. The second-order valence-electron chi connectivity index (χ2n) is 6.83. The van der Waals surface area contributed by atoms with E-state index in [0.717, 1.165) is 17.1 Å². The van der Waals surface area contributed by atoms with Gasteiger partial charge in [0.25, 0.3) is 0 Å². The largest absolute Gasteiger partial charge is 0.478 e. The molecule has 0 saturated carbocycles. The van der Waals surface area contributed by atoms with Crippen LogP contribution in [0.2, 0.25) is 0 Å². The Morgan fingerprint density at radius 2 is 1.92 bits per heavy atom. The van der Waals surface area contributed by atoms with Crippen molar-refractivity contribution in [2.75, 3.05) is 19.0 Å². The molecule has 0 atom stereocenters. The molecule has 0 aliphatic rings. The molecular weight excluding hydrogens is 322 g/mol. The second kappa shape index (κ2) is 7.21. The van der Waals surface area contributed by atoms with Gasteiger partial charge >= 0.3 is 5.97 Å². The Balaban J connectivity index is 2.24. The molecule has 24 heavy (non-hydrogen) atoms. The van der Waals surface area contributed by atoms with Gasteiger partial charge in [-0.2, -0.15) is 0 Å². The molecule has 1 N–H and O–H groups in total. The first kappa shape index (κ1) is 18.3. The zero-order valence-corrected chi connectivity index (χ0v) is 15.5. The predicted octanol–water partition coefficient (Wildman–Crippen LogP) is 3.83. The summed E-state index contributed by atoms with van der Waals surface area (Å²) in [5.74, 6) is 0.584. The summed E-state index contributed by atoms with van der Waals surface area (Å²) in [4.78, 5) is 22.3. The van der Waals surface area contributed by atoms with Gasteiger partial charge in [0, 0.05) is 31.3 Å².